The Labute approximate surface area is 162 Å². The summed E-state index contributed by atoms with van der Waals surface area (Å²) >= 11 is 3.60. The molecule has 128 valence electrons. The van der Waals surface area contributed by atoms with Crippen LogP contribution in [0.25, 0.3) is 32.9 Å². The van der Waals surface area contributed by atoms with E-state index in [-0.39, 0.29) is 0 Å². The molecule has 1 aromatic heterocycles. The molecule has 3 aromatic carbocycles. The number of rotatable bonds is 5. The van der Waals surface area contributed by atoms with Gasteiger partial charge in [-0.25, -0.2) is 4.98 Å². The first kappa shape index (κ1) is 17.1. The second-order valence-corrected chi connectivity index (χ2v) is 7.97. The first-order chi connectivity index (χ1) is 12.8. The maximum atomic E-state index is 4.81. The van der Waals surface area contributed by atoms with Crippen LogP contribution in [0.2, 0.25) is 0 Å². The number of benzene rings is 3. The molecule has 0 atom stereocenters. The molecular weight excluding hydrogens is 354 g/mol. The predicted molar refractivity (Wildman–Crippen MR) is 118 cm³/mol. The molecule has 0 unspecified atom stereocenters. The van der Waals surface area contributed by atoms with Gasteiger partial charge in [-0.15, -0.1) is 11.3 Å². The molecule has 0 amide bonds. The summed E-state index contributed by atoms with van der Waals surface area (Å²) in [6.07, 6.45) is 6.55. The van der Waals surface area contributed by atoms with E-state index in [1.807, 2.05) is 23.9 Å². The topological polar surface area (TPSA) is 12.9 Å². The zero-order valence-corrected chi connectivity index (χ0v) is 16.2. The normalized spacial score (nSPS) is 11.4. The number of nitrogens with zero attached hydrogens (tertiary/aromatic N) is 1. The van der Waals surface area contributed by atoms with Gasteiger partial charge in [0.05, 0.1) is 10.2 Å². The molecule has 1 nitrogen and oxygen atoms in total. The van der Waals surface area contributed by atoms with Crippen molar-refractivity contribution in [3.05, 3.63) is 89.5 Å². The summed E-state index contributed by atoms with van der Waals surface area (Å²) in [5, 5.41) is 1.08. The highest BCUT2D eigenvalue weighted by Gasteiger charge is 2.08. The van der Waals surface area contributed by atoms with Crippen molar-refractivity contribution in [1.82, 2.24) is 4.98 Å². The number of thioether (sulfide) groups is 1. The van der Waals surface area contributed by atoms with Crippen LogP contribution in [-0.2, 0) is 5.75 Å². The minimum atomic E-state index is 1.01. The van der Waals surface area contributed by atoms with E-state index in [0.717, 1.165) is 16.3 Å². The Kier molecular flexibility index (Phi) is 5.19. The lowest BCUT2D eigenvalue weighted by atomic mass is 10.0. The SMILES string of the molecule is CSCc1ccc(-c2nc3ccccc3s2)cc1C=Cc1ccccc1. The Morgan fingerprint density at radius 3 is 2.54 bits per heavy atom. The largest absolute Gasteiger partial charge is 0.236 e. The molecular formula is C23H19NS2. The number of thiazole rings is 1. The van der Waals surface area contributed by atoms with Crippen molar-refractivity contribution in [3.63, 3.8) is 0 Å². The number of para-hydroxylation sites is 1. The molecule has 0 aliphatic heterocycles. The minimum absolute atomic E-state index is 1.01. The Hall–Kier alpha value is -2.36. The van der Waals surface area contributed by atoms with E-state index < -0.39 is 0 Å². The molecule has 4 aromatic rings. The molecule has 4 rings (SSSR count). The van der Waals surface area contributed by atoms with E-state index >= 15 is 0 Å². The molecule has 1 heterocycles. The summed E-state index contributed by atoms with van der Waals surface area (Å²) in [4.78, 5) is 4.81. The second kappa shape index (κ2) is 7.90. The average molecular weight is 374 g/mol. The maximum absolute atomic E-state index is 4.81. The van der Waals surface area contributed by atoms with Gasteiger partial charge in [0.2, 0.25) is 0 Å². The van der Waals surface area contributed by atoms with Crippen molar-refractivity contribution in [2.24, 2.45) is 0 Å². The van der Waals surface area contributed by atoms with Crippen molar-refractivity contribution >= 4 is 45.5 Å². The summed E-state index contributed by atoms with van der Waals surface area (Å²) in [6.45, 7) is 0. The Balaban J connectivity index is 1.73. The van der Waals surface area contributed by atoms with Gasteiger partial charge in [0.25, 0.3) is 0 Å². The van der Waals surface area contributed by atoms with Crippen LogP contribution in [0.3, 0.4) is 0 Å². The second-order valence-electron chi connectivity index (χ2n) is 6.08. The van der Waals surface area contributed by atoms with Gasteiger partial charge in [0.15, 0.2) is 0 Å². The lowest BCUT2D eigenvalue weighted by Gasteiger charge is -2.07. The maximum Gasteiger partial charge on any atom is 0.124 e. The third kappa shape index (κ3) is 3.74. The van der Waals surface area contributed by atoms with Crippen LogP contribution in [0.15, 0.2) is 72.8 Å². The van der Waals surface area contributed by atoms with Crippen molar-refractivity contribution < 1.29 is 0 Å². The minimum Gasteiger partial charge on any atom is -0.236 e. The molecule has 0 aliphatic rings. The van der Waals surface area contributed by atoms with E-state index in [4.69, 9.17) is 4.98 Å². The molecule has 0 radical (unpaired) electrons. The summed E-state index contributed by atoms with van der Waals surface area (Å²) in [5.41, 5.74) is 6.09. The van der Waals surface area contributed by atoms with Gasteiger partial charge in [-0.2, -0.15) is 11.8 Å². The van der Waals surface area contributed by atoms with Crippen LogP contribution in [0.4, 0.5) is 0 Å². The van der Waals surface area contributed by atoms with Crippen molar-refractivity contribution in [1.29, 1.82) is 0 Å². The van der Waals surface area contributed by atoms with E-state index in [9.17, 15) is 0 Å². The fraction of sp³-hybridized carbons (Fsp3) is 0.0870. The van der Waals surface area contributed by atoms with Gasteiger partial charge >= 0.3 is 0 Å². The van der Waals surface area contributed by atoms with Crippen LogP contribution >= 0.6 is 23.1 Å². The molecule has 0 fully saturated rings. The Morgan fingerprint density at radius 2 is 1.73 bits per heavy atom. The Morgan fingerprint density at radius 1 is 0.923 bits per heavy atom. The molecule has 3 heteroatoms. The van der Waals surface area contributed by atoms with Gasteiger partial charge in [-0.3, -0.25) is 0 Å². The smallest absolute Gasteiger partial charge is 0.124 e. The van der Waals surface area contributed by atoms with E-state index in [1.54, 1.807) is 11.3 Å². The fourth-order valence-electron chi connectivity index (χ4n) is 2.92. The van der Waals surface area contributed by atoms with Gasteiger partial charge < -0.3 is 0 Å². The monoisotopic (exact) mass is 373 g/mol. The highest BCUT2D eigenvalue weighted by Crippen LogP contribution is 2.32. The van der Waals surface area contributed by atoms with Crippen LogP contribution in [-0.4, -0.2) is 11.2 Å². The molecule has 0 N–H and O–H groups in total. The summed E-state index contributed by atoms with van der Waals surface area (Å²) in [7, 11) is 0. The molecule has 0 bridgehead atoms. The zero-order chi connectivity index (χ0) is 17.8. The van der Waals surface area contributed by atoms with Gasteiger partial charge in [0, 0.05) is 11.3 Å². The molecule has 26 heavy (non-hydrogen) atoms. The predicted octanol–water partition coefficient (Wildman–Crippen LogP) is 7.00. The summed E-state index contributed by atoms with van der Waals surface area (Å²) in [6, 6.07) is 25.5. The van der Waals surface area contributed by atoms with Gasteiger partial charge in [-0.05, 0) is 41.1 Å². The van der Waals surface area contributed by atoms with Gasteiger partial charge in [0.1, 0.15) is 5.01 Å². The summed E-state index contributed by atoms with van der Waals surface area (Å²) < 4.78 is 1.23. The Bertz CT molecular complexity index is 1020. The first-order valence-corrected chi connectivity index (χ1v) is 10.8. The quantitative estimate of drug-likeness (QED) is 0.349. The highest BCUT2D eigenvalue weighted by atomic mass is 32.2. The van der Waals surface area contributed by atoms with Crippen molar-refractivity contribution in [2.75, 3.05) is 6.26 Å². The van der Waals surface area contributed by atoms with E-state index in [2.05, 4.69) is 79.1 Å². The van der Waals surface area contributed by atoms with Crippen LogP contribution < -0.4 is 0 Å². The molecule has 0 aliphatic carbocycles. The standard InChI is InChI=1S/C23H19NS2/c1-25-16-20-14-13-19(23-24-21-9-5-6-10-22(21)26-23)15-18(20)12-11-17-7-3-2-4-8-17/h2-15H,16H2,1H3. The molecule has 0 saturated heterocycles. The summed E-state index contributed by atoms with van der Waals surface area (Å²) in [5.74, 6) is 1.01. The van der Waals surface area contributed by atoms with Crippen LogP contribution in [0, 0.1) is 0 Å². The third-order valence-electron chi connectivity index (χ3n) is 4.24. The van der Waals surface area contributed by atoms with E-state index in [1.165, 1.54) is 27.0 Å². The lowest BCUT2D eigenvalue weighted by molar-refractivity contribution is 1.38. The molecule has 0 saturated carbocycles. The fourth-order valence-corrected chi connectivity index (χ4v) is 4.45. The van der Waals surface area contributed by atoms with Crippen LogP contribution in [0.1, 0.15) is 16.7 Å². The van der Waals surface area contributed by atoms with Crippen LogP contribution in [0.5, 0.6) is 0 Å². The zero-order valence-electron chi connectivity index (χ0n) is 14.6. The average Bonchev–Trinajstić information content (AvgIpc) is 3.12. The van der Waals surface area contributed by atoms with Gasteiger partial charge in [-0.1, -0.05) is 66.7 Å². The van der Waals surface area contributed by atoms with E-state index in [0.29, 0.717) is 0 Å². The third-order valence-corrected chi connectivity index (χ3v) is 5.93. The number of fused-ring (bicyclic) bond motifs is 1. The van der Waals surface area contributed by atoms with Crippen molar-refractivity contribution in [2.45, 2.75) is 5.75 Å². The molecule has 0 spiro atoms. The van der Waals surface area contributed by atoms with Crippen molar-refractivity contribution in [3.8, 4) is 10.6 Å². The number of hydrogen-bond acceptors (Lipinski definition) is 3. The first-order valence-electron chi connectivity index (χ1n) is 8.54. The highest BCUT2D eigenvalue weighted by molar-refractivity contribution is 7.97. The number of hydrogen-bond donors (Lipinski definition) is 0. The lowest BCUT2D eigenvalue weighted by Crippen LogP contribution is -1.88. The number of aromatic nitrogens is 1.